The molecular weight excluding hydrogens is 358 g/mol. The largest absolute Gasteiger partial charge is 0.399 e. The molecule has 1 heterocycles. The summed E-state index contributed by atoms with van der Waals surface area (Å²) in [5.74, 6) is 0.952. The zero-order valence-corrected chi connectivity index (χ0v) is 16.5. The van der Waals surface area contributed by atoms with Crippen molar-refractivity contribution in [3.8, 4) is 11.4 Å². The number of rotatable bonds is 6. The second kappa shape index (κ2) is 8.26. The van der Waals surface area contributed by atoms with Gasteiger partial charge in [-0.05, 0) is 44.5 Å². The molecule has 27 heavy (non-hydrogen) atoms. The van der Waals surface area contributed by atoms with Crippen LogP contribution in [0.1, 0.15) is 18.1 Å². The van der Waals surface area contributed by atoms with Gasteiger partial charge in [-0.15, -0.1) is 10.2 Å². The molecular formula is C20H23N5OS. The summed E-state index contributed by atoms with van der Waals surface area (Å²) in [5, 5.41) is 12.2. The molecule has 0 bridgehead atoms. The van der Waals surface area contributed by atoms with E-state index in [1.54, 1.807) is 0 Å². The van der Waals surface area contributed by atoms with Crippen LogP contribution in [0.3, 0.4) is 0 Å². The van der Waals surface area contributed by atoms with Crippen molar-refractivity contribution in [3.05, 3.63) is 53.6 Å². The Morgan fingerprint density at radius 2 is 2.00 bits per heavy atom. The number of aromatic nitrogens is 3. The van der Waals surface area contributed by atoms with E-state index in [2.05, 4.69) is 15.5 Å². The van der Waals surface area contributed by atoms with E-state index < -0.39 is 0 Å². The lowest BCUT2D eigenvalue weighted by Crippen LogP contribution is -2.15. The first-order valence-corrected chi connectivity index (χ1v) is 9.75. The lowest BCUT2D eigenvalue weighted by Gasteiger charge is -2.10. The van der Waals surface area contributed by atoms with Crippen molar-refractivity contribution < 1.29 is 4.79 Å². The highest BCUT2D eigenvalue weighted by atomic mass is 32.2. The maximum Gasteiger partial charge on any atom is 0.234 e. The molecule has 0 radical (unpaired) electrons. The SMILES string of the molecule is CCn1c(SCC(=O)Nc2ccc(C)cc2C)nnc1-c1cccc(N)c1. The lowest BCUT2D eigenvalue weighted by atomic mass is 10.1. The average molecular weight is 382 g/mol. The van der Waals surface area contributed by atoms with Gasteiger partial charge in [0.15, 0.2) is 11.0 Å². The third kappa shape index (κ3) is 4.49. The fourth-order valence-corrected chi connectivity index (χ4v) is 3.64. The Hall–Kier alpha value is -2.80. The summed E-state index contributed by atoms with van der Waals surface area (Å²) in [4.78, 5) is 12.3. The molecule has 0 aliphatic rings. The summed E-state index contributed by atoms with van der Waals surface area (Å²) in [6.07, 6.45) is 0. The number of nitrogens with zero attached hydrogens (tertiary/aromatic N) is 3. The number of carbonyl (C=O) groups excluding carboxylic acids is 1. The van der Waals surface area contributed by atoms with Crippen LogP contribution in [-0.4, -0.2) is 26.4 Å². The van der Waals surface area contributed by atoms with Crippen LogP contribution >= 0.6 is 11.8 Å². The predicted molar refractivity (Wildman–Crippen MR) is 111 cm³/mol. The van der Waals surface area contributed by atoms with Crippen molar-refractivity contribution >= 4 is 29.0 Å². The first-order valence-electron chi connectivity index (χ1n) is 8.77. The molecule has 7 heteroatoms. The Balaban J connectivity index is 1.70. The molecule has 0 aliphatic heterocycles. The van der Waals surface area contributed by atoms with Gasteiger partial charge < -0.3 is 15.6 Å². The molecule has 0 saturated heterocycles. The van der Waals surface area contributed by atoms with Crippen molar-refractivity contribution in [2.45, 2.75) is 32.5 Å². The number of hydrogen-bond acceptors (Lipinski definition) is 5. The van der Waals surface area contributed by atoms with Gasteiger partial charge in [0.2, 0.25) is 5.91 Å². The normalized spacial score (nSPS) is 10.8. The monoisotopic (exact) mass is 381 g/mol. The van der Waals surface area contributed by atoms with Crippen LogP contribution in [0.15, 0.2) is 47.6 Å². The molecule has 0 fully saturated rings. The quantitative estimate of drug-likeness (QED) is 0.500. The molecule has 0 saturated carbocycles. The Kier molecular flexibility index (Phi) is 5.81. The summed E-state index contributed by atoms with van der Waals surface area (Å²) in [5.41, 5.74) is 10.5. The van der Waals surface area contributed by atoms with Gasteiger partial charge in [0, 0.05) is 23.5 Å². The van der Waals surface area contributed by atoms with Gasteiger partial charge in [-0.2, -0.15) is 0 Å². The Morgan fingerprint density at radius 1 is 1.19 bits per heavy atom. The molecule has 140 valence electrons. The molecule has 3 N–H and O–H groups in total. The second-order valence-electron chi connectivity index (χ2n) is 6.33. The number of amides is 1. The van der Waals surface area contributed by atoms with Crippen LogP contribution in [-0.2, 0) is 11.3 Å². The van der Waals surface area contributed by atoms with Gasteiger partial charge in [0.1, 0.15) is 0 Å². The van der Waals surface area contributed by atoms with Gasteiger partial charge >= 0.3 is 0 Å². The van der Waals surface area contributed by atoms with Crippen molar-refractivity contribution in [3.63, 3.8) is 0 Å². The Bertz CT molecular complexity index is 967. The molecule has 2 aromatic carbocycles. The van der Waals surface area contributed by atoms with E-state index in [0.717, 1.165) is 22.6 Å². The van der Waals surface area contributed by atoms with Gasteiger partial charge in [0.05, 0.1) is 5.75 Å². The molecule has 1 amide bonds. The van der Waals surface area contributed by atoms with Gasteiger partial charge in [0.25, 0.3) is 0 Å². The second-order valence-corrected chi connectivity index (χ2v) is 7.27. The number of anilines is 2. The molecule has 0 spiro atoms. The van der Waals surface area contributed by atoms with E-state index in [1.807, 2.05) is 67.8 Å². The van der Waals surface area contributed by atoms with Gasteiger partial charge in [-0.3, -0.25) is 4.79 Å². The smallest absolute Gasteiger partial charge is 0.234 e. The number of carbonyl (C=O) groups is 1. The number of thioether (sulfide) groups is 1. The molecule has 0 aliphatic carbocycles. The first-order chi connectivity index (χ1) is 13.0. The highest BCUT2D eigenvalue weighted by molar-refractivity contribution is 7.99. The summed E-state index contributed by atoms with van der Waals surface area (Å²) in [6, 6.07) is 13.5. The molecule has 0 unspecified atom stereocenters. The van der Waals surface area contributed by atoms with Gasteiger partial charge in [-0.25, -0.2) is 0 Å². The van der Waals surface area contributed by atoms with Crippen molar-refractivity contribution in [1.29, 1.82) is 0 Å². The third-order valence-corrected chi connectivity index (χ3v) is 5.13. The highest BCUT2D eigenvalue weighted by Crippen LogP contribution is 2.25. The van der Waals surface area contributed by atoms with E-state index in [9.17, 15) is 4.79 Å². The van der Waals surface area contributed by atoms with Crippen LogP contribution in [0.4, 0.5) is 11.4 Å². The third-order valence-electron chi connectivity index (χ3n) is 4.17. The van der Waals surface area contributed by atoms with Crippen LogP contribution in [0.25, 0.3) is 11.4 Å². The van der Waals surface area contributed by atoms with E-state index >= 15 is 0 Å². The standard InChI is InChI=1S/C20H23N5OS/c1-4-25-19(15-6-5-7-16(21)11-15)23-24-20(25)27-12-18(26)22-17-9-8-13(2)10-14(17)3/h5-11H,4,12,21H2,1-3H3,(H,22,26). The van der Waals surface area contributed by atoms with Gasteiger partial charge in [-0.1, -0.05) is 41.6 Å². The van der Waals surface area contributed by atoms with Crippen LogP contribution in [0, 0.1) is 13.8 Å². The maximum atomic E-state index is 12.3. The zero-order valence-electron chi connectivity index (χ0n) is 15.7. The number of nitrogen functional groups attached to an aromatic ring is 1. The molecule has 3 aromatic rings. The molecule has 1 aromatic heterocycles. The minimum atomic E-state index is -0.0666. The fraction of sp³-hybridized carbons (Fsp3) is 0.250. The predicted octanol–water partition coefficient (Wildman–Crippen LogP) is 3.89. The van der Waals surface area contributed by atoms with Crippen molar-refractivity contribution in [2.75, 3.05) is 16.8 Å². The van der Waals surface area contributed by atoms with Crippen LogP contribution in [0.2, 0.25) is 0 Å². The lowest BCUT2D eigenvalue weighted by molar-refractivity contribution is -0.113. The van der Waals surface area contributed by atoms with Crippen molar-refractivity contribution in [1.82, 2.24) is 14.8 Å². The number of hydrogen-bond donors (Lipinski definition) is 2. The molecule has 6 nitrogen and oxygen atoms in total. The minimum absolute atomic E-state index is 0.0666. The van der Waals surface area contributed by atoms with Crippen LogP contribution < -0.4 is 11.1 Å². The van der Waals surface area contributed by atoms with E-state index in [0.29, 0.717) is 17.4 Å². The summed E-state index contributed by atoms with van der Waals surface area (Å²) in [7, 11) is 0. The number of nitrogens with two attached hydrogens (primary N) is 1. The maximum absolute atomic E-state index is 12.3. The topological polar surface area (TPSA) is 85.8 Å². The molecule has 0 atom stereocenters. The number of nitrogens with one attached hydrogen (secondary N) is 1. The first kappa shape index (κ1) is 19.0. The number of benzene rings is 2. The minimum Gasteiger partial charge on any atom is -0.399 e. The average Bonchev–Trinajstić information content (AvgIpc) is 3.05. The van der Waals surface area contributed by atoms with Crippen LogP contribution in [0.5, 0.6) is 0 Å². The number of aryl methyl sites for hydroxylation is 2. The molecule has 3 rings (SSSR count). The van der Waals surface area contributed by atoms with E-state index in [-0.39, 0.29) is 11.7 Å². The highest BCUT2D eigenvalue weighted by Gasteiger charge is 2.15. The Morgan fingerprint density at radius 3 is 2.70 bits per heavy atom. The Labute approximate surface area is 163 Å². The summed E-state index contributed by atoms with van der Waals surface area (Å²) < 4.78 is 1.99. The summed E-state index contributed by atoms with van der Waals surface area (Å²) >= 11 is 1.37. The van der Waals surface area contributed by atoms with Crippen molar-refractivity contribution in [2.24, 2.45) is 0 Å². The van der Waals surface area contributed by atoms with E-state index in [4.69, 9.17) is 5.73 Å². The fourth-order valence-electron chi connectivity index (χ4n) is 2.84. The summed E-state index contributed by atoms with van der Waals surface area (Å²) in [6.45, 7) is 6.75. The zero-order chi connectivity index (χ0) is 19.4. The van der Waals surface area contributed by atoms with E-state index in [1.165, 1.54) is 17.3 Å².